The Kier molecular flexibility index (Phi) is 5.36. The van der Waals surface area contributed by atoms with Crippen molar-refractivity contribution in [2.24, 2.45) is 0 Å². The van der Waals surface area contributed by atoms with Gasteiger partial charge in [0.1, 0.15) is 12.2 Å². The van der Waals surface area contributed by atoms with Gasteiger partial charge in [0.05, 0.1) is 0 Å². The molecule has 1 aromatic heterocycles. The van der Waals surface area contributed by atoms with E-state index in [1.54, 1.807) is 51.9 Å². The van der Waals surface area contributed by atoms with Crippen LogP contribution >= 0.6 is 0 Å². The summed E-state index contributed by atoms with van der Waals surface area (Å²) < 4.78 is 1.64. The lowest BCUT2D eigenvalue weighted by molar-refractivity contribution is -0.121. The lowest BCUT2D eigenvalue weighted by atomic mass is 10.2. The fraction of sp³-hybridized carbons (Fsp3) is 0.316. The van der Waals surface area contributed by atoms with Crippen molar-refractivity contribution in [1.29, 1.82) is 0 Å². The molecule has 26 heavy (non-hydrogen) atoms. The zero-order chi connectivity index (χ0) is 18.5. The largest absolute Gasteiger partial charge is 0.358 e. The smallest absolute Gasteiger partial charge is 0.270 e. The molecule has 0 bridgehead atoms. The molecule has 7 nitrogen and oxygen atoms in total. The van der Waals surface area contributed by atoms with Crippen LogP contribution in [0.5, 0.6) is 0 Å². The minimum atomic E-state index is -0.159. The van der Waals surface area contributed by atoms with Gasteiger partial charge in [0.25, 0.3) is 11.8 Å². The zero-order valence-electron chi connectivity index (χ0n) is 14.7. The van der Waals surface area contributed by atoms with E-state index in [1.807, 2.05) is 18.2 Å². The minimum Gasteiger partial charge on any atom is -0.358 e. The average Bonchev–Trinajstić information content (AvgIpc) is 3.15. The van der Waals surface area contributed by atoms with Gasteiger partial charge in [-0.1, -0.05) is 18.2 Å². The molecular formula is C19H22N4O3. The van der Waals surface area contributed by atoms with Gasteiger partial charge in [-0.05, 0) is 24.3 Å². The van der Waals surface area contributed by atoms with Crippen LogP contribution in [-0.2, 0) is 11.3 Å². The van der Waals surface area contributed by atoms with Crippen LogP contribution in [0, 0.1) is 0 Å². The van der Waals surface area contributed by atoms with Crippen LogP contribution in [0.2, 0.25) is 0 Å². The number of aromatic nitrogens is 1. The van der Waals surface area contributed by atoms with E-state index < -0.39 is 0 Å². The topological polar surface area (TPSA) is 74.7 Å². The molecule has 3 amide bonds. The molecule has 2 heterocycles. The van der Waals surface area contributed by atoms with Crippen molar-refractivity contribution in [3.63, 3.8) is 0 Å². The summed E-state index contributed by atoms with van der Waals surface area (Å²) in [6.45, 7) is 2.05. The van der Waals surface area contributed by atoms with E-state index in [0.29, 0.717) is 37.4 Å². The van der Waals surface area contributed by atoms with Crippen LogP contribution in [0.4, 0.5) is 0 Å². The lowest BCUT2D eigenvalue weighted by Gasteiger charge is -2.35. The number of carbonyl (C=O) groups excluding carboxylic acids is 3. The van der Waals surface area contributed by atoms with Crippen LogP contribution in [-0.4, -0.2) is 65.3 Å². The molecule has 1 fully saturated rings. The summed E-state index contributed by atoms with van der Waals surface area (Å²) >= 11 is 0. The summed E-state index contributed by atoms with van der Waals surface area (Å²) in [4.78, 5) is 40.3. The number of piperazine rings is 1. The molecular weight excluding hydrogens is 332 g/mol. The SMILES string of the molecule is CNC(=O)Cn1cccc1C(=O)N1CCN(C(=O)c2ccccc2)CC1. The third-order valence-corrected chi connectivity index (χ3v) is 4.52. The van der Waals surface area contributed by atoms with Crippen LogP contribution in [0.3, 0.4) is 0 Å². The van der Waals surface area contributed by atoms with E-state index in [9.17, 15) is 14.4 Å². The Morgan fingerprint density at radius 3 is 2.12 bits per heavy atom. The predicted molar refractivity (Wildman–Crippen MR) is 96.7 cm³/mol. The summed E-state index contributed by atoms with van der Waals surface area (Å²) in [6.07, 6.45) is 1.72. The predicted octanol–water partition coefficient (Wildman–Crippen LogP) is 0.832. The Bertz CT molecular complexity index is 792. The van der Waals surface area contributed by atoms with Crippen LogP contribution < -0.4 is 5.32 Å². The zero-order valence-corrected chi connectivity index (χ0v) is 14.7. The second-order valence-electron chi connectivity index (χ2n) is 6.14. The highest BCUT2D eigenvalue weighted by Gasteiger charge is 2.26. The number of amides is 3. The average molecular weight is 354 g/mol. The molecule has 0 aliphatic carbocycles. The number of hydrogen-bond donors (Lipinski definition) is 1. The van der Waals surface area contributed by atoms with Crippen molar-refractivity contribution in [3.8, 4) is 0 Å². The molecule has 2 aromatic rings. The first-order chi connectivity index (χ1) is 12.6. The molecule has 1 aliphatic rings. The highest BCUT2D eigenvalue weighted by molar-refractivity contribution is 5.95. The maximum Gasteiger partial charge on any atom is 0.270 e. The van der Waals surface area contributed by atoms with Crippen molar-refractivity contribution in [2.45, 2.75) is 6.54 Å². The van der Waals surface area contributed by atoms with Crippen molar-refractivity contribution < 1.29 is 14.4 Å². The number of nitrogens with zero attached hydrogens (tertiary/aromatic N) is 3. The Balaban J connectivity index is 1.62. The van der Waals surface area contributed by atoms with E-state index >= 15 is 0 Å². The van der Waals surface area contributed by atoms with Gasteiger partial charge in [-0.3, -0.25) is 14.4 Å². The van der Waals surface area contributed by atoms with Gasteiger partial charge in [0.15, 0.2) is 0 Å². The summed E-state index contributed by atoms with van der Waals surface area (Å²) in [6, 6.07) is 12.6. The molecule has 1 aliphatic heterocycles. The minimum absolute atomic E-state index is 0.0132. The third-order valence-electron chi connectivity index (χ3n) is 4.52. The Labute approximate surface area is 152 Å². The van der Waals surface area contributed by atoms with Crippen molar-refractivity contribution in [2.75, 3.05) is 33.2 Å². The maximum atomic E-state index is 12.8. The Hall–Kier alpha value is -3.09. The van der Waals surface area contributed by atoms with E-state index in [0.717, 1.165) is 0 Å². The molecule has 0 unspecified atom stereocenters. The van der Waals surface area contributed by atoms with Crippen LogP contribution in [0.25, 0.3) is 0 Å². The van der Waals surface area contributed by atoms with Gasteiger partial charge in [-0.2, -0.15) is 0 Å². The quantitative estimate of drug-likeness (QED) is 0.884. The molecule has 3 rings (SSSR count). The van der Waals surface area contributed by atoms with Gasteiger partial charge >= 0.3 is 0 Å². The summed E-state index contributed by atoms with van der Waals surface area (Å²) in [5.74, 6) is -0.292. The fourth-order valence-electron chi connectivity index (χ4n) is 3.02. The highest BCUT2D eigenvalue weighted by atomic mass is 16.2. The number of rotatable bonds is 4. The monoisotopic (exact) mass is 354 g/mol. The van der Waals surface area contributed by atoms with Gasteiger partial charge in [0.2, 0.25) is 5.91 Å². The van der Waals surface area contributed by atoms with Crippen LogP contribution in [0.15, 0.2) is 48.7 Å². The molecule has 1 saturated heterocycles. The second kappa shape index (κ2) is 7.86. The summed E-state index contributed by atoms with van der Waals surface area (Å²) in [5.41, 5.74) is 1.14. The molecule has 0 spiro atoms. The molecule has 7 heteroatoms. The highest BCUT2D eigenvalue weighted by Crippen LogP contribution is 2.12. The first kappa shape index (κ1) is 17.7. The molecule has 0 radical (unpaired) electrons. The van der Waals surface area contributed by atoms with Crippen molar-refractivity contribution in [3.05, 3.63) is 59.9 Å². The fourth-order valence-corrected chi connectivity index (χ4v) is 3.02. The number of carbonyl (C=O) groups is 3. The Morgan fingerprint density at radius 1 is 0.885 bits per heavy atom. The van der Waals surface area contributed by atoms with Crippen molar-refractivity contribution in [1.82, 2.24) is 19.7 Å². The van der Waals surface area contributed by atoms with E-state index in [4.69, 9.17) is 0 Å². The number of nitrogens with one attached hydrogen (secondary N) is 1. The molecule has 1 aromatic carbocycles. The first-order valence-electron chi connectivity index (χ1n) is 8.59. The molecule has 1 N–H and O–H groups in total. The van der Waals surface area contributed by atoms with E-state index in [2.05, 4.69) is 5.32 Å². The van der Waals surface area contributed by atoms with E-state index in [1.165, 1.54) is 0 Å². The molecule has 0 atom stereocenters. The van der Waals surface area contributed by atoms with Gasteiger partial charge < -0.3 is 19.7 Å². The second-order valence-corrected chi connectivity index (χ2v) is 6.14. The lowest BCUT2D eigenvalue weighted by Crippen LogP contribution is -2.51. The molecule has 0 saturated carbocycles. The van der Waals surface area contributed by atoms with Crippen LogP contribution in [0.1, 0.15) is 20.8 Å². The van der Waals surface area contributed by atoms with Gasteiger partial charge in [0, 0.05) is 45.0 Å². The summed E-state index contributed by atoms with van der Waals surface area (Å²) in [7, 11) is 1.57. The van der Waals surface area contributed by atoms with Gasteiger partial charge in [-0.25, -0.2) is 0 Å². The maximum absolute atomic E-state index is 12.8. The first-order valence-corrected chi connectivity index (χ1v) is 8.59. The molecule has 136 valence electrons. The van der Waals surface area contributed by atoms with Crippen molar-refractivity contribution >= 4 is 17.7 Å². The normalized spacial score (nSPS) is 14.2. The van der Waals surface area contributed by atoms with Gasteiger partial charge in [-0.15, -0.1) is 0 Å². The number of benzene rings is 1. The van der Waals surface area contributed by atoms with E-state index in [-0.39, 0.29) is 24.3 Å². The standard InChI is InChI=1S/C19H22N4O3/c1-20-17(24)14-23-9-5-8-16(23)19(26)22-12-10-21(11-13-22)18(25)15-6-3-2-4-7-15/h2-9H,10-14H2,1H3,(H,20,24). The number of likely N-dealkylation sites (N-methyl/N-ethyl adjacent to an activating group) is 1. The number of hydrogen-bond acceptors (Lipinski definition) is 3. The summed E-state index contributed by atoms with van der Waals surface area (Å²) in [5, 5.41) is 2.55. The Morgan fingerprint density at radius 2 is 1.50 bits per heavy atom. The third kappa shape index (κ3) is 3.77.